The molecule has 2 aromatic heterocycles. The van der Waals surface area contributed by atoms with Crippen molar-refractivity contribution in [3.05, 3.63) is 84.2 Å². The Morgan fingerprint density at radius 1 is 1.11 bits per heavy atom. The molecule has 138 valence electrons. The Kier molecular flexibility index (Phi) is 4.90. The molecule has 1 N–H and O–H groups in total. The minimum Gasteiger partial charge on any atom is -0.352 e. The Bertz CT molecular complexity index is 923. The molecule has 0 saturated carbocycles. The van der Waals surface area contributed by atoms with Crippen LogP contribution in [-0.2, 0) is 0 Å². The highest BCUT2D eigenvalue weighted by molar-refractivity contribution is 7.80. The molecule has 4 rings (SSSR count). The van der Waals surface area contributed by atoms with Crippen molar-refractivity contribution < 1.29 is 4.39 Å². The summed E-state index contributed by atoms with van der Waals surface area (Å²) in [5.74, 6) is -0.241. The number of pyridine rings is 1. The molecule has 3 heterocycles. The lowest BCUT2D eigenvalue weighted by molar-refractivity contribution is 0.309. The Morgan fingerprint density at radius 2 is 1.93 bits per heavy atom. The third kappa shape index (κ3) is 3.32. The van der Waals surface area contributed by atoms with E-state index in [9.17, 15) is 4.39 Å². The highest BCUT2D eigenvalue weighted by Crippen LogP contribution is 2.39. The summed E-state index contributed by atoms with van der Waals surface area (Å²) in [5, 5.41) is 4.19. The molecule has 27 heavy (non-hydrogen) atoms. The molecule has 0 bridgehead atoms. The first-order chi connectivity index (χ1) is 13.2. The molecule has 4 nitrogen and oxygen atoms in total. The lowest BCUT2D eigenvalue weighted by atomic mass is 10.0. The van der Waals surface area contributed by atoms with Gasteiger partial charge >= 0.3 is 0 Å². The van der Waals surface area contributed by atoms with Gasteiger partial charge in [0.1, 0.15) is 5.82 Å². The van der Waals surface area contributed by atoms with Gasteiger partial charge in [-0.15, -0.1) is 0 Å². The first-order valence-corrected chi connectivity index (χ1v) is 9.51. The van der Waals surface area contributed by atoms with Gasteiger partial charge in [-0.1, -0.05) is 13.0 Å². The summed E-state index contributed by atoms with van der Waals surface area (Å²) in [4.78, 5) is 6.78. The summed E-state index contributed by atoms with van der Waals surface area (Å²) in [5.41, 5.74) is 2.97. The van der Waals surface area contributed by atoms with Gasteiger partial charge in [-0.05, 0) is 67.2 Å². The fraction of sp³-hybridized carbons (Fsp3) is 0.238. The van der Waals surface area contributed by atoms with E-state index in [1.54, 1.807) is 18.3 Å². The van der Waals surface area contributed by atoms with Crippen LogP contribution in [0.25, 0.3) is 5.69 Å². The number of nitrogens with one attached hydrogen (secondary N) is 1. The minimum atomic E-state index is -0.241. The average molecular weight is 380 g/mol. The summed E-state index contributed by atoms with van der Waals surface area (Å²) in [6.45, 7) is 3.00. The molecule has 0 radical (unpaired) electrons. The summed E-state index contributed by atoms with van der Waals surface area (Å²) in [7, 11) is 0. The van der Waals surface area contributed by atoms with Gasteiger partial charge in [0.05, 0.1) is 17.8 Å². The molecule has 6 heteroatoms. The number of aromatic nitrogens is 2. The van der Waals surface area contributed by atoms with Gasteiger partial charge in [0.2, 0.25) is 0 Å². The molecule has 1 fully saturated rings. The minimum absolute atomic E-state index is 0.00685. The third-order valence-corrected chi connectivity index (χ3v) is 5.20. The molecular formula is C21H21FN4S. The summed E-state index contributed by atoms with van der Waals surface area (Å²) >= 11 is 5.64. The number of benzene rings is 1. The second kappa shape index (κ2) is 7.48. The average Bonchev–Trinajstić information content (AvgIpc) is 3.28. The summed E-state index contributed by atoms with van der Waals surface area (Å²) in [6.07, 6.45) is 4.80. The Balaban J connectivity index is 1.80. The largest absolute Gasteiger partial charge is 0.352 e. The van der Waals surface area contributed by atoms with Crippen LogP contribution < -0.4 is 5.32 Å². The third-order valence-electron chi connectivity index (χ3n) is 4.85. The standard InChI is InChI=1S/C21H21FN4S/c1-2-13-26-20(19(24-21(26)27)17-6-3-4-12-23-17)18-7-5-14-25(18)16-10-8-15(22)9-11-16/h3-12,14,19-20H,2,13H2,1H3,(H,24,27). The predicted octanol–water partition coefficient (Wildman–Crippen LogP) is 4.39. The van der Waals surface area contributed by atoms with Crippen LogP contribution in [0.2, 0.25) is 0 Å². The van der Waals surface area contributed by atoms with Crippen LogP contribution in [-0.4, -0.2) is 26.1 Å². The molecule has 1 aromatic carbocycles. The van der Waals surface area contributed by atoms with E-state index in [2.05, 4.69) is 32.8 Å². The van der Waals surface area contributed by atoms with Crippen molar-refractivity contribution in [2.45, 2.75) is 25.4 Å². The zero-order valence-electron chi connectivity index (χ0n) is 15.0. The first kappa shape index (κ1) is 17.7. The second-order valence-electron chi connectivity index (χ2n) is 6.60. The van der Waals surface area contributed by atoms with Gasteiger partial charge in [0.25, 0.3) is 0 Å². The molecule has 1 aliphatic heterocycles. The van der Waals surface area contributed by atoms with Crippen molar-refractivity contribution in [2.24, 2.45) is 0 Å². The van der Waals surface area contributed by atoms with Crippen molar-refractivity contribution in [3.63, 3.8) is 0 Å². The topological polar surface area (TPSA) is 33.1 Å². The Labute approximate surface area is 163 Å². The molecule has 1 saturated heterocycles. The van der Waals surface area contributed by atoms with Crippen molar-refractivity contribution in [2.75, 3.05) is 6.54 Å². The van der Waals surface area contributed by atoms with E-state index in [0.29, 0.717) is 0 Å². The van der Waals surface area contributed by atoms with Crippen molar-refractivity contribution in [1.29, 1.82) is 0 Å². The maximum absolute atomic E-state index is 13.4. The maximum atomic E-state index is 13.4. The fourth-order valence-corrected chi connectivity index (χ4v) is 4.01. The van der Waals surface area contributed by atoms with E-state index in [0.717, 1.165) is 35.2 Å². The van der Waals surface area contributed by atoms with Gasteiger partial charge in [0, 0.05) is 30.3 Å². The highest BCUT2D eigenvalue weighted by atomic mass is 32.1. The molecule has 0 amide bonds. The van der Waals surface area contributed by atoms with Crippen LogP contribution in [0.4, 0.5) is 4.39 Å². The van der Waals surface area contributed by atoms with Gasteiger partial charge in [-0.2, -0.15) is 0 Å². The zero-order valence-corrected chi connectivity index (χ0v) is 15.9. The molecule has 3 aromatic rings. The molecule has 2 unspecified atom stereocenters. The lowest BCUT2D eigenvalue weighted by Gasteiger charge is -2.28. The van der Waals surface area contributed by atoms with Crippen molar-refractivity contribution in [1.82, 2.24) is 19.8 Å². The summed E-state index contributed by atoms with van der Waals surface area (Å²) < 4.78 is 15.5. The number of thiocarbonyl (C=S) groups is 1. The van der Waals surface area contributed by atoms with Gasteiger partial charge < -0.3 is 14.8 Å². The quantitative estimate of drug-likeness (QED) is 0.666. The first-order valence-electron chi connectivity index (χ1n) is 9.10. The number of hydrogen-bond acceptors (Lipinski definition) is 2. The summed E-state index contributed by atoms with van der Waals surface area (Å²) in [6, 6.07) is 16.6. The van der Waals surface area contributed by atoms with E-state index in [1.807, 2.05) is 30.5 Å². The SMILES string of the molecule is CCCN1C(=S)NC(c2ccccn2)C1c1cccn1-c1ccc(F)cc1. The van der Waals surface area contributed by atoms with Crippen LogP contribution in [0.3, 0.4) is 0 Å². The molecule has 1 aliphatic rings. The van der Waals surface area contributed by atoms with E-state index in [4.69, 9.17) is 12.2 Å². The molecular weight excluding hydrogens is 359 g/mol. The highest BCUT2D eigenvalue weighted by Gasteiger charge is 2.40. The molecule has 0 aliphatic carbocycles. The van der Waals surface area contributed by atoms with Crippen LogP contribution in [0.1, 0.15) is 36.8 Å². The molecule has 0 spiro atoms. The maximum Gasteiger partial charge on any atom is 0.170 e. The lowest BCUT2D eigenvalue weighted by Crippen LogP contribution is -2.31. The normalized spacial score (nSPS) is 19.3. The number of rotatable bonds is 5. The van der Waals surface area contributed by atoms with Gasteiger partial charge in [0.15, 0.2) is 5.11 Å². The van der Waals surface area contributed by atoms with Crippen LogP contribution >= 0.6 is 12.2 Å². The Morgan fingerprint density at radius 3 is 2.63 bits per heavy atom. The van der Waals surface area contributed by atoms with Gasteiger partial charge in [-0.25, -0.2) is 4.39 Å². The fourth-order valence-electron chi connectivity index (χ4n) is 3.68. The van der Waals surface area contributed by atoms with Gasteiger partial charge in [-0.3, -0.25) is 4.98 Å². The molecule has 2 atom stereocenters. The van der Waals surface area contributed by atoms with Crippen molar-refractivity contribution in [3.8, 4) is 5.69 Å². The van der Waals surface area contributed by atoms with Crippen LogP contribution in [0, 0.1) is 5.82 Å². The smallest absolute Gasteiger partial charge is 0.170 e. The number of halogens is 1. The zero-order chi connectivity index (χ0) is 18.8. The number of nitrogens with zero attached hydrogens (tertiary/aromatic N) is 3. The van der Waals surface area contributed by atoms with E-state index >= 15 is 0 Å². The van der Waals surface area contributed by atoms with E-state index in [1.165, 1.54) is 12.1 Å². The van der Waals surface area contributed by atoms with Crippen LogP contribution in [0.5, 0.6) is 0 Å². The predicted molar refractivity (Wildman–Crippen MR) is 108 cm³/mol. The monoisotopic (exact) mass is 380 g/mol. The van der Waals surface area contributed by atoms with Crippen molar-refractivity contribution >= 4 is 17.3 Å². The van der Waals surface area contributed by atoms with E-state index < -0.39 is 0 Å². The second-order valence-corrected chi connectivity index (χ2v) is 6.99. The Hall–Kier alpha value is -2.73. The van der Waals surface area contributed by atoms with Crippen LogP contribution in [0.15, 0.2) is 67.0 Å². The van der Waals surface area contributed by atoms with E-state index in [-0.39, 0.29) is 17.9 Å². The number of hydrogen-bond donors (Lipinski definition) is 1.